The topological polar surface area (TPSA) is 38.0 Å². The summed E-state index contributed by atoms with van der Waals surface area (Å²) in [6, 6.07) is 20.5. The third-order valence-corrected chi connectivity index (χ3v) is 4.03. The Labute approximate surface area is 128 Å². The highest BCUT2D eigenvalue weighted by atomic mass is 16.3. The molecule has 108 valence electrons. The molecule has 2 aromatic carbocycles. The second-order valence-corrected chi connectivity index (χ2v) is 5.45. The van der Waals surface area contributed by atoms with Crippen LogP contribution < -0.4 is 0 Å². The van der Waals surface area contributed by atoms with E-state index in [1.54, 1.807) is 0 Å². The van der Waals surface area contributed by atoms with Gasteiger partial charge in [-0.2, -0.15) is 0 Å². The zero-order valence-corrected chi connectivity index (χ0v) is 12.1. The number of para-hydroxylation sites is 2. The monoisotopic (exact) mass is 288 g/mol. The molecule has 0 saturated heterocycles. The molecular weight excluding hydrogens is 272 g/mol. The number of aliphatic hydroxyl groups is 1. The fraction of sp³-hybridized carbons (Fsp3) is 0.105. The Balaban J connectivity index is 1.79. The van der Waals surface area contributed by atoms with E-state index in [0.29, 0.717) is 6.54 Å². The van der Waals surface area contributed by atoms with Gasteiger partial charge in [-0.05, 0) is 18.2 Å². The predicted octanol–water partition coefficient (Wildman–Crippen LogP) is 3.73. The predicted molar refractivity (Wildman–Crippen MR) is 88.7 cm³/mol. The molecule has 3 heteroatoms. The van der Waals surface area contributed by atoms with Crippen LogP contribution in [0, 0.1) is 0 Å². The van der Waals surface area contributed by atoms with Crippen molar-refractivity contribution in [3.63, 3.8) is 0 Å². The van der Waals surface area contributed by atoms with Gasteiger partial charge in [-0.1, -0.05) is 42.5 Å². The molecule has 0 aliphatic carbocycles. The minimum Gasteiger partial charge on any atom is -0.392 e. The van der Waals surface area contributed by atoms with Gasteiger partial charge in [-0.25, -0.2) is 0 Å². The summed E-state index contributed by atoms with van der Waals surface area (Å²) in [5.74, 6) is 0. The van der Waals surface area contributed by atoms with Crippen molar-refractivity contribution in [2.45, 2.75) is 13.2 Å². The third-order valence-electron chi connectivity index (χ3n) is 4.03. The van der Waals surface area contributed by atoms with Crippen molar-refractivity contribution in [2.24, 2.45) is 0 Å². The minimum absolute atomic E-state index is 0.0542. The lowest BCUT2D eigenvalue weighted by Gasteiger charge is -2.06. The number of aliphatic hydroxyl groups excluding tert-OH is 1. The Morgan fingerprint density at radius 1 is 0.909 bits per heavy atom. The molecule has 0 saturated carbocycles. The number of rotatable bonds is 3. The van der Waals surface area contributed by atoms with E-state index in [1.807, 2.05) is 42.6 Å². The highest BCUT2D eigenvalue weighted by Crippen LogP contribution is 2.22. The summed E-state index contributed by atoms with van der Waals surface area (Å²) in [4.78, 5) is 4.73. The molecule has 2 heterocycles. The van der Waals surface area contributed by atoms with Crippen LogP contribution in [0.3, 0.4) is 0 Å². The zero-order chi connectivity index (χ0) is 14.9. The molecule has 22 heavy (non-hydrogen) atoms. The zero-order valence-electron chi connectivity index (χ0n) is 12.1. The number of aromatic nitrogens is 2. The number of fused-ring (bicyclic) bond motifs is 2. The van der Waals surface area contributed by atoms with Crippen LogP contribution in [0.4, 0.5) is 0 Å². The van der Waals surface area contributed by atoms with Gasteiger partial charge in [0.25, 0.3) is 0 Å². The first-order chi connectivity index (χ1) is 10.8. The van der Waals surface area contributed by atoms with Crippen LogP contribution in [0.5, 0.6) is 0 Å². The van der Waals surface area contributed by atoms with Gasteiger partial charge in [0.15, 0.2) is 0 Å². The summed E-state index contributed by atoms with van der Waals surface area (Å²) in [6.45, 7) is 0.754. The lowest BCUT2D eigenvalue weighted by Crippen LogP contribution is -2.00. The standard InChI is InChI=1S/C19H16N2O/c22-13-15-11-21(19-8-4-2-6-17(15)19)12-16-10-9-14-5-1-3-7-18(14)20-16/h1-11,22H,12-13H2. The average Bonchev–Trinajstić information content (AvgIpc) is 2.93. The fourth-order valence-electron chi connectivity index (χ4n) is 2.95. The van der Waals surface area contributed by atoms with Gasteiger partial charge in [0, 0.05) is 28.0 Å². The Kier molecular flexibility index (Phi) is 3.13. The van der Waals surface area contributed by atoms with E-state index in [0.717, 1.165) is 33.1 Å². The van der Waals surface area contributed by atoms with E-state index < -0.39 is 0 Å². The summed E-state index contributed by atoms with van der Waals surface area (Å²) in [6.07, 6.45) is 2.02. The lowest BCUT2D eigenvalue weighted by atomic mass is 10.2. The van der Waals surface area contributed by atoms with Crippen molar-refractivity contribution in [3.05, 3.63) is 78.1 Å². The van der Waals surface area contributed by atoms with Crippen LogP contribution in [0.1, 0.15) is 11.3 Å². The second-order valence-electron chi connectivity index (χ2n) is 5.45. The molecule has 0 amide bonds. The van der Waals surface area contributed by atoms with E-state index in [-0.39, 0.29) is 6.61 Å². The molecule has 1 N–H and O–H groups in total. The van der Waals surface area contributed by atoms with E-state index in [4.69, 9.17) is 4.98 Å². The van der Waals surface area contributed by atoms with Crippen molar-refractivity contribution >= 4 is 21.8 Å². The maximum atomic E-state index is 9.53. The van der Waals surface area contributed by atoms with Crippen LogP contribution in [-0.2, 0) is 13.2 Å². The number of hydrogen-bond donors (Lipinski definition) is 1. The van der Waals surface area contributed by atoms with Crippen LogP contribution in [0.25, 0.3) is 21.8 Å². The van der Waals surface area contributed by atoms with Gasteiger partial charge in [0.05, 0.1) is 24.4 Å². The fourth-order valence-corrected chi connectivity index (χ4v) is 2.95. The summed E-state index contributed by atoms with van der Waals surface area (Å²) in [7, 11) is 0. The Morgan fingerprint density at radius 3 is 2.64 bits per heavy atom. The number of benzene rings is 2. The molecule has 0 aliphatic rings. The molecule has 0 spiro atoms. The maximum Gasteiger partial charge on any atom is 0.0706 e. The maximum absolute atomic E-state index is 9.53. The van der Waals surface area contributed by atoms with Gasteiger partial charge in [-0.3, -0.25) is 4.98 Å². The van der Waals surface area contributed by atoms with Crippen molar-refractivity contribution in [3.8, 4) is 0 Å². The van der Waals surface area contributed by atoms with Crippen molar-refractivity contribution in [2.75, 3.05) is 0 Å². The summed E-state index contributed by atoms with van der Waals surface area (Å²) >= 11 is 0. The molecule has 2 aromatic heterocycles. The second kappa shape index (κ2) is 5.28. The molecule has 4 aromatic rings. The lowest BCUT2D eigenvalue weighted by molar-refractivity contribution is 0.283. The van der Waals surface area contributed by atoms with Crippen LogP contribution in [0.2, 0.25) is 0 Å². The van der Waals surface area contributed by atoms with E-state index in [1.165, 1.54) is 0 Å². The molecule has 3 nitrogen and oxygen atoms in total. The number of nitrogens with zero attached hydrogens (tertiary/aromatic N) is 2. The van der Waals surface area contributed by atoms with Gasteiger partial charge in [-0.15, -0.1) is 0 Å². The first-order valence-electron chi connectivity index (χ1n) is 7.37. The number of pyridine rings is 1. The molecule has 0 atom stereocenters. The van der Waals surface area contributed by atoms with Gasteiger partial charge < -0.3 is 9.67 Å². The van der Waals surface area contributed by atoms with Crippen LogP contribution >= 0.6 is 0 Å². The summed E-state index contributed by atoms with van der Waals surface area (Å²) in [5, 5.41) is 11.8. The van der Waals surface area contributed by atoms with Crippen molar-refractivity contribution in [1.82, 2.24) is 9.55 Å². The third kappa shape index (κ3) is 2.16. The Morgan fingerprint density at radius 2 is 1.73 bits per heavy atom. The first kappa shape index (κ1) is 13.0. The number of hydrogen-bond acceptors (Lipinski definition) is 2. The summed E-state index contributed by atoms with van der Waals surface area (Å²) in [5.41, 5.74) is 4.11. The van der Waals surface area contributed by atoms with Crippen molar-refractivity contribution < 1.29 is 5.11 Å². The average molecular weight is 288 g/mol. The SMILES string of the molecule is OCc1cn(Cc2ccc3ccccc3n2)c2ccccc12. The largest absolute Gasteiger partial charge is 0.392 e. The first-order valence-corrected chi connectivity index (χ1v) is 7.37. The Hall–Kier alpha value is -2.65. The Bertz CT molecular complexity index is 956. The smallest absolute Gasteiger partial charge is 0.0706 e. The van der Waals surface area contributed by atoms with Crippen LogP contribution in [0.15, 0.2) is 66.9 Å². The molecule has 0 bridgehead atoms. The minimum atomic E-state index is 0.0542. The van der Waals surface area contributed by atoms with Gasteiger partial charge in [0.1, 0.15) is 0 Å². The van der Waals surface area contributed by atoms with E-state index in [9.17, 15) is 5.11 Å². The molecule has 0 unspecified atom stereocenters. The molecule has 0 fully saturated rings. The van der Waals surface area contributed by atoms with E-state index >= 15 is 0 Å². The molecule has 0 radical (unpaired) electrons. The molecule has 4 rings (SSSR count). The normalized spacial score (nSPS) is 11.3. The van der Waals surface area contributed by atoms with Gasteiger partial charge >= 0.3 is 0 Å². The summed E-state index contributed by atoms with van der Waals surface area (Å²) < 4.78 is 2.15. The highest BCUT2D eigenvalue weighted by Gasteiger charge is 2.08. The van der Waals surface area contributed by atoms with Crippen molar-refractivity contribution in [1.29, 1.82) is 0 Å². The molecule has 0 aliphatic heterocycles. The van der Waals surface area contributed by atoms with Crippen LogP contribution in [-0.4, -0.2) is 14.7 Å². The highest BCUT2D eigenvalue weighted by molar-refractivity contribution is 5.84. The van der Waals surface area contributed by atoms with Gasteiger partial charge in [0.2, 0.25) is 0 Å². The van der Waals surface area contributed by atoms with E-state index in [2.05, 4.69) is 28.8 Å². The molecular formula is C19H16N2O. The quantitative estimate of drug-likeness (QED) is 0.624.